The summed E-state index contributed by atoms with van der Waals surface area (Å²) in [7, 11) is 6.00. The van der Waals surface area contributed by atoms with Crippen LogP contribution < -0.4 is 0 Å². The van der Waals surface area contributed by atoms with Gasteiger partial charge in [0.15, 0.2) is 0 Å². The second-order valence-corrected chi connectivity index (χ2v) is 2.37. The van der Waals surface area contributed by atoms with E-state index in [1.165, 1.54) is 0 Å². The monoisotopic (exact) mass is 216 g/mol. The maximum atomic E-state index is 3.78. The average Bonchev–Trinajstić information content (AvgIpc) is 1.90. The first-order valence-corrected chi connectivity index (χ1v) is 3.19. The van der Waals surface area contributed by atoms with Gasteiger partial charge in [0.2, 0.25) is 0 Å². The predicted molar refractivity (Wildman–Crippen MR) is 53.8 cm³/mol. The smallest absolute Gasteiger partial charge is 0.0267 e. The third kappa shape index (κ3) is 17.7. The topological polar surface area (TPSA) is 16.1 Å². The van der Waals surface area contributed by atoms with Crippen LogP contribution in [0.4, 0.5) is 0 Å². The number of pyridine rings is 1. The van der Waals surface area contributed by atoms with Gasteiger partial charge in [-0.25, -0.2) is 0 Å². The number of hydrogen-bond donors (Lipinski definition) is 0. The van der Waals surface area contributed by atoms with E-state index in [-0.39, 0.29) is 18.0 Å². The fourth-order valence-corrected chi connectivity index (χ4v) is 0.313. The summed E-state index contributed by atoms with van der Waals surface area (Å²) < 4.78 is 0. The van der Waals surface area contributed by atoms with Crippen molar-refractivity contribution in [2.75, 3.05) is 21.1 Å². The van der Waals surface area contributed by atoms with Crippen molar-refractivity contribution in [3.63, 3.8) is 0 Å². The van der Waals surface area contributed by atoms with Crippen molar-refractivity contribution < 1.29 is 0 Å². The Morgan fingerprint density at radius 2 is 1.27 bits per heavy atom. The molecule has 1 aromatic heterocycles. The van der Waals surface area contributed by atoms with Gasteiger partial charge in [0.25, 0.3) is 0 Å². The number of nitrogens with zero attached hydrogens (tertiary/aromatic N) is 2. The molecule has 0 fully saturated rings. The Labute approximate surface area is 79.9 Å². The van der Waals surface area contributed by atoms with Crippen molar-refractivity contribution in [3.05, 3.63) is 30.6 Å². The van der Waals surface area contributed by atoms with Crippen molar-refractivity contribution in [2.24, 2.45) is 0 Å². The molecule has 2 nitrogen and oxygen atoms in total. The van der Waals surface area contributed by atoms with Crippen LogP contribution in [-0.2, 0) is 0 Å². The van der Waals surface area contributed by atoms with E-state index in [0.717, 1.165) is 0 Å². The molecule has 0 aliphatic heterocycles. The van der Waals surface area contributed by atoms with Gasteiger partial charge in [-0.15, -0.1) is 0 Å². The van der Waals surface area contributed by atoms with Crippen LogP contribution in [-0.4, -0.2) is 49.0 Å². The molecule has 11 heavy (non-hydrogen) atoms. The molecule has 1 unspecified atom stereocenters. The molecule has 1 aromatic rings. The Hall–Kier alpha value is -0.332. The molecule has 0 saturated heterocycles. The molecule has 0 aliphatic carbocycles. The molecule has 0 spiro atoms. The van der Waals surface area contributed by atoms with E-state index >= 15 is 0 Å². The summed E-state index contributed by atoms with van der Waals surface area (Å²) in [5, 5.41) is 0. The van der Waals surface area contributed by atoms with Crippen LogP contribution in [0.25, 0.3) is 0 Å². The molecule has 64 valence electrons. The van der Waals surface area contributed by atoms with E-state index in [1.807, 2.05) is 44.2 Å². The molecule has 0 bridgehead atoms. The molecule has 3 heteroatoms. The summed E-state index contributed by atoms with van der Waals surface area (Å²) in [6.45, 7) is 0. The maximum absolute atomic E-state index is 3.78. The zero-order valence-corrected chi connectivity index (χ0v) is 10.5. The molecule has 0 aromatic carbocycles. The van der Waals surface area contributed by atoms with E-state index in [4.69, 9.17) is 0 Å². The zero-order chi connectivity index (χ0) is 7.82. The van der Waals surface area contributed by atoms with Gasteiger partial charge in [0, 0.05) is 12.4 Å². The van der Waals surface area contributed by atoms with Crippen molar-refractivity contribution in [2.45, 2.75) is 0 Å². The number of hydrogen-bond acceptors (Lipinski definition) is 2. The van der Waals surface area contributed by atoms with Gasteiger partial charge in [-0.05, 0) is 33.3 Å². The van der Waals surface area contributed by atoms with Gasteiger partial charge in [-0.2, -0.15) is 0 Å². The maximum Gasteiger partial charge on any atom is 0.0267 e. The molecule has 0 N–H and O–H groups in total. The van der Waals surface area contributed by atoms with Gasteiger partial charge in [0.05, 0.1) is 0 Å². The van der Waals surface area contributed by atoms with Crippen LogP contribution in [0.1, 0.15) is 0 Å². The van der Waals surface area contributed by atoms with Crippen LogP contribution in [0.2, 0.25) is 0 Å². The van der Waals surface area contributed by atoms with Crippen molar-refractivity contribution in [1.29, 1.82) is 0 Å². The summed E-state index contributed by atoms with van der Waals surface area (Å²) in [6.07, 6.45) is 3.50. The molecule has 1 rings (SSSR count). The van der Waals surface area contributed by atoms with Gasteiger partial charge in [0.1, 0.15) is 0 Å². The van der Waals surface area contributed by atoms with Crippen molar-refractivity contribution in [1.82, 2.24) is 9.88 Å². The summed E-state index contributed by atoms with van der Waals surface area (Å²) in [5.74, 6) is 0. The zero-order valence-electron chi connectivity index (χ0n) is 7.49. The quantitative estimate of drug-likeness (QED) is 0.571. The third-order valence-corrected chi connectivity index (χ3v) is 0.566. The summed E-state index contributed by atoms with van der Waals surface area (Å²) in [5.41, 5.74) is 0. The molecular formula is C8H17AsN2. The minimum Gasteiger partial charge on any atom is -0.265 e. The van der Waals surface area contributed by atoms with Crippen molar-refractivity contribution >= 4 is 18.0 Å². The van der Waals surface area contributed by atoms with Crippen LogP contribution in [0.5, 0.6) is 0 Å². The normalized spacial score (nSPS) is 7.64. The summed E-state index contributed by atoms with van der Waals surface area (Å²) >= 11 is 0. The second-order valence-electron chi connectivity index (χ2n) is 2.37. The Morgan fingerprint density at radius 3 is 1.36 bits per heavy atom. The van der Waals surface area contributed by atoms with Gasteiger partial charge >= 0.3 is 18.0 Å². The standard InChI is InChI=1S/C5H5N.C3H9N.AsH3/c1-2-4-6-5-3-1;1-4(2)3;/h1-5H;1-3H3;1H3. The Kier molecular flexibility index (Phi) is 11.7. The van der Waals surface area contributed by atoms with Crippen molar-refractivity contribution in [3.8, 4) is 0 Å². The molecule has 1 heterocycles. The van der Waals surface area contributed by atoms with Gasteiger partial charge in [-0.3, -0.25) is 4.98 Å². The van der Waals surface area contributed by atoms with E-state index in [1.54, 1.807) is 12.4 Å². The van der Waals surface area contributed by atoms with E-state index in [9.17, 15) is 0 Å². The summed E-state index contributed by atoms with van der Waals surface area (Å²) in [4.78, 5) is 5.78. The van der Waals surface area contributed by atoms with Crippen LogP contribution in [0.15, 0.2) is 30.6 Å². The Morgan fingerprint density at radius 1 is 0.909 bits per heavy atom. The van der Waals surface area contributed by atoms with Crippen LogP contribution >= 0.6 is 0 Å². The molecule has 1 atom stereocenters. The second kappa shape index (κ2) is 9.67. The fourth-order valence-electron chi connectivity index (χ4n) is 0.313. The third-order valence-electron chi connectivity index (χ3n) is 0.566. The average molecular weight is 216 g/mol. The molecule has 0 radical (unpaired) electrons. The van der Waals surface area contributed by atoms with Gasteiger partial charge in [-0.1, -0.05) is 6.07 Å². The molecule has 0 amide bonds. The van der Waals surface area contributed by atoms with Crippen LogP contribution in [0, 0.1) is 0 Å². The van der Waals surface area contributed by atoms with Gasteiger partial charge < -0.3 is 4.90 Å². The first-order valence-electron chi connectivity index (χ1n) is 3.19. The van der Waals surface area contributed by atoms with E-state index < -0.39 is 0 Å². The number of aromatic nitrogens is 1. The van der Waals surface area contributed by atoms with E-state index in [0.29, 0.717) is 0 Å². The Bertz CT molecular complexity index is 113. The Balaban J connectivity index is 0. The number of rotatable bonds is 0. The SMILES string of the molecule is CN(C)C.[AsH3].c1ccncc1. The molecule has 0 saturated carbocycles. The van der Waals surface area contributed by atoms with Crippen LogP contribution in [0.3, 0.4) is 0 Å². The first-order chi connectivity index (χ1) is 4.73. The minimum atomic E-state index is 0. The summed E-state index contributed by atoms with van der Waals surface area (Å²) in [6, 6.07) is 5.72. The predicted octanol–water partition coefficient (Wildman–Crippen LogP) is 0.0755. The fraction of sp³-hybridized carbons (Fsp3) is 0.375. The molecular weight excluding hydrogens is 199 g/mol. The molecule has 0 aliphatic rings. The largest absolute Gasteiger partial charge is 0.265 e. The minimum absolute atomic E-state index is 0. The first kappa shape index (κ1) is 13.3. The van der Waals surface area contributed by atoms with E-state index in [2.05, 4.69) is 4.98 Å².